The second-order valence-electron chi connectivity index (χ2n) is 8.83. The summed E-state index contributed by atoms with van der Waals surface area (Å²) in [5.74, 6) is -0.137. The first-order valence-corrected chi connectivity index (χ1v) is 14.0. The van der Waals surface area contributed by atoms with E-state index < -0.39 is 0 Å². The van der Waals surface area contributed by atoms with Crippen LogP contribution >= 0.6 is 0 Å². The van der Waals surface area contributed by atoms with Gasteiger partial charge in [0.15, 0.2) is 0 Å². The lowest BCUT2D eigenvalue weighted by atomic mass is 10.1. The maximum absolute atomic E-state index is 11.6. The lowest BCUT2D eigenvalue weighted by molar-refractivity contribution is -0.145. The Morgan fingerprint density at radius 2 is 0.838 bits per heavy atom. The summed E-state index contributed by atoms with van der Waals surface area (Å²) in [5.41, 5.74) is 0. The molecule has 0 aromatic rings. The van der Waals surface area contributed by atoms with Gasteiger partial charge < -0.3 is 42.8 Å². The van der Waals surface area contributed by atoms with Gasteiger partial charge in [0, 0.05) is 13.0 Å². The van der Waals surface area contributed by atoms with Crippen LogP contribution in [0.25, 0.3) is 0 Å². The molecule has 0 aliphatic carbocycles. The van der Waals surface area contributed by atoms with Crippen LogP contribution in [0.4, 0.5) is 0 Å². The van der Waals surface area contributed by atoms with Crippen LogP contribution in [-0.2, 0) is 42.7 Å². The summed E-state index contributed by atoms with van der Waals surface area (Å²) in [4.78, 5) is 13.7. The van der Waals surface area contributed by atoms with Gasteiger partial charge in [0.05, 0.1) is 92.5 Å². The van der Waals surface area contributed by atoms with Gasteiger partial charge in [-0.05, 0) is 20.5 Å². The number of ether oxygens (including phenoxy) is 8. The van der Waals surface area contributed by atoms with Crippen molar-refractivity contribution in [2.45, 2.75) is 51.9 Å². The Balaban J connectivity index is 3.10. The van der Waals surface area contributed by atoms with Crippen molar-refractivity contribution >= 4 is 5.97 Å². The molecule has 10 nitrogen and oxygen atoms in total. The zero-order valence-corrected chi connectivity index (χ0v) is 23.9. The van der Waals surface area contributed by atoms with Crippen LogP contribution in [0, 0.1) is 0 Å². The van der Waals surface area contributed by atoms with Crippen molar-refractivity contribution < 1.29 is 42.7 Å². The van der Waals surface area contributed by atoms with E-state index in [1.807, 2.05) is 14.1 Å². The standard InChI is InChI=1S/C27H55NO9/c1-4-5-6-7-8-9-10-27(29)37-26-25-36-24-23-35-22-21-34-20-19-33-18-17-32-16-15-31-14-13-30-12-11-28(2)3/h4-26H2,1-3H3. The highest BCUT2D eigenvalue weighted by molar-refractivity contribution is 5.69. The molecule has 0 radical (unpaired) electrons. The normalized spacial score (nSPS) is 11.5. The third-order valence-electron chi connectivity index (χ3n) is 5.14. The lowest BCUT2D eigenvalue weighted by Crippen LogP contribution is -2.19. The first-order chi connectivity index (χ1) is 18.2. The average Bonchev–Trinajstić information content (AvgIpc) is 2.88. The summed E-state index contributed by atoms with van der Waals surface area (Å²) in [5, 5.41) is 0. The van der Waals surface area contributed by atoms with E-state index in [-0.39, 0.29) is 5.97 Å². The number of esters is 1. The monoisotopic (exact) mass is 537 g/mol. The van der Waals surface area contributed by atoms with E-state index in [0.717, 1.165) is 26.0 Å². The number of rotatable bonds is 31. The Kier molecular flexibility index (Phi) is 30.6. The van der Waals surface area contributed by atoms with Crippen LogP contribution in [0.3, 0.4) is 0 Å². The second kappa shape index (κ2) is 31.4. The van der Waals surface area contributed by atoms with Gasteiger partial charge in [-0.1, -0.05) is 39.0 Å². The zero-order valence-electron chi connectivity index (χ0n) is 23.9. The molecule has 0 aliphatic rings. The topological polar surface area (TPSA) is 94.2 Å². The van der Waals surface area contributed by atoms with E-state index >= 15 is 0 Å². The molecule has 10 heteroatoms. The summed E-state index contributed by atoms with van der Waals surface area (Å²) in [7, 11) is 4.04. The third kappa shape index (κ3) is 33.1. The molecule has 0 N–H and O–H groups in total. The maximum atomic E-state index is 11.6. The molecular weight excluding hydrogens is 482 g/mol. The SMILES string of the molecule is CCCCCCCCC(=O)OCCOCCOCCOCCOCCOCCOCCOCCN(C)C. The fraction of sp³-hybridized carbons (Fsp3) is 0.963. The highest BCUT2D eigenvalue weighted by Crippen LogP contribution is 2.07. The van der Waals surface area contributed by atoms with E-state index in [2.05, 4.69) is 11.8 Å². The van der Waals surface area contributed by atoms with E-state index in [9.17, 15) is 4.79 Å². The van der Waals surface area contributed by atoms with Crippen LogP contribution in [0.1, 0.15) is 51.9 Å². The quantitative estimate of drug-likeness (QED) is 0.0970. The van der Waals surface area contributed by atoms with Crippen molar-refractivity contribution in [1.82, 2.24) is 4.90 Å². The Morgan fingerprint density at radius 1 is 0.486 bits per heavy atom. The molecule has 0 bridgehead atoms. The number of hydrogen-bond acceptors (Lipinski definition) is 10. The molecule has 0 fully saturated rings. The summed E-state index contributed by atoms with van der Waals surface area (Å²) in [6.07, 6.45) is 7.47. The van der Waals surface area contributed by atoms with Gasteiger partial charge in [-0.3, -0.25) is 4.79 Å². The Bertz CT molecular complexity index is 456. The van der Waals surface area contributed by atoms with Crippen molar-refractivity contribution in [2.24, 2.45) is 0 Å². The summed E-state index contributed by atoms with van der Waals surface area (Å²) >= 11 is 0. The Labute approximate surface area is 225 Å². The van der Waals surface area contributed by atoms with Crippen molar-refractivity contribution in [3.63, 3.8) is 0 Å². The predicted octanol–water partition coefficient (Wildman–Crippen LogP) is 2.96. The number of unbranched alkanes of at least 4 members (excludes halogenated alkanes) is 5. The van der Waals surface area contributed by atoms with Crippen molar-refractivity contribution in [1.29, 1.82) is 0 Å². The number of carbonyl (C=O) groups is 1. The highest BCUT2D eigenvalue weighted by Gasteiger charge is 2.02. The van der Waals surface area contributed by atoms with Gasteiger partial charge in [0.25, 0.3) is 0 Å². The Hall–Kier alpha value is -0.850. The van der Waals surface area contributed by atoms with Crippen LogP contribution in [0.15, 0.2) is 0 Å². The van der Waals surface area contributed by atoms with Crippen LogP contribution in [0.5, 0.6) is 0 Å². The van der Waals surface area contributed by atoms with Gasteiger partial charge in [0.1, 0.15) is 6.61 Å². The summed E-state index contributed by atoms with van der Waals surface area (Å²) in [6.45, 7) is 10.9. The maximum Gasteiger partial charge on any atom is 0.305 e. The zero-order chi connectivity index (χ0) is 27.1. The summed E-state index contributed by atoms with van der Waals surface area (Å²) < 4.78 is 43.2. The van der Waals surface area contributed by atoms with E-state index in [4.69, 9.17) is 37.9 Å². The minimum absolute atomic E-state index is 0.137. The fourth-order valence-corrected chi connectivity index (χ4v) is 3.00. The van der Waals surface area contributed by atoms with Gasteiger partial charge in [-0.15, -0.1) is 0 Å². The molecule has 0 heterocycles. The molecule has 0 amide bonds. The van der Waals surface area contributed by atoms with Crippen molar-refractivity contribution in [2.75, 3.05) is 120 Å². The molecule has 0 aromatic heterocycles. The van der Waals surface area contributed by atoms with Gasteiger partial charge >= 0.3 is 5.97 Å². The predicted molar refractivity (Wildman–Crippen MR) is 143 cm³/mol. The van der Waals surface area contributed by atoms with E-state index in [0.29, 0.717) is 98.9 Å². The lowest BCUT2D eigenvalue weighted by Gasteiger charge is -2.10. The first kappa shape index (κ1) is 36.1. The highest BCUT2D eigenvalue weighted by atomic mass is 16.6. The van der Waals surface area contributed by atoms with Gasteiger partial charge in [-0.25, -0.2) is 0 Å². The molecule has 0 unspecified atom stereocenters. The summed E-state index contributed by atoms with van der Waals surface area (Å²) in [6, 6.07) is 0. The van der Waals surface area contributed by atoms with E-state index in [1.54, 1.807) is 0 Å². The van der Waals surface area contributed by atoms with Crippen LogP contribution in [0.2, 0.25) is 0 Å². The number of nitrogens with zero attached hydrogens (tertiary/aromatic N) is 1. The minimum Gasteiger partial charge on any atom is -0.463 e. The average molecular weight is 538 g/mol. The molecule has 222 valence electrons. The van der Waals surface area contributed by atoms with Gasteiger partial charge in [0.2, 0.25) is 0 Å². The molecule has 0 spiro atoms. The smallest absolute Gasteiger partial charge is 0.305 e. The van der Waals surface area contributed by atoms with Crippen molar-refractivity contribution in [3.8, 4) is 0 Å². The third-order valence-corrected chi connectivity index (χ3v) is 5.14. The number of hydrogen-bond donors (Lipinski definition) is 0. The molecule has 37 heavy (non-hydrogen) atoms. The fourth-order valence-electron chi connectivity index (χ4n) is 3.00. The number of carbonyl (C=O) groups excluding carboxylic acids is 1. The molecular formula is C27H55NO9. The van der Waals surface area contributed by atoms with Crippen molar-refractivity contribution in [3.05, 3.63) is 0 Å². The van der Waals surface area contributed by atoms with Crippen LogP contribution in [-0.4, -0.2) is 131 Å². The number of likely N-dealkylation sites (N-methyl/N-ethyl adjacent to an activating group) is 1. The molecule has 0 saturated heterocycles. The van der Waals surface area contributed by atoms with Gasteiger partial charge in [-0.2, -0.15) is 0 Å². The Morgan fingerprint density at radius 3 is 1.24 bits per heavy atom. The molecule has 0 atom stereocenters. The first-order valence-electron chi connectivity index (χ1n) is 14.0. The minimum atomic E-state index is -0.137. The second-order valence-corrected chi connectivity index (χ2v) is 8.83. The van der Waals surface area contributed by atoms with E-state index in [1.165, 1.54) is 25.7 Å². The van der Waals surface area contributed by atoms with Crippen LogP contribution < -0.4 is 0 Å². The molecule has 0 aliphatic heterocycles. The largest absolute Gasteiger partial charge is 0.463 e. The molecule has 0 saturated carbocycles. The molecule has 0 rings (SSSR count). The molecule has 0 aromatic carbocycles.